The third-order valence-electron chi connectivity index (χ3n) is 3.99. The van der Waals surface area contributed by atoms with Gasteiger partial charge in [0, 0.05) is 12.6 Å². The summed E-state index contributed by atoms with van der Waals surface area (Å²) >= 11 is 6.45. The molecule has 1 atom stereocenters. The molecule has 1 aromatic rings. The molecule has 0 saturated carbocycles. The average molecular weight is 300 g/mol. The molecule has 0 radical (unpaired) electrons. The first kappa shape index (κ1) is 17.5. The molecule has 0 amide bonds. The average Bonchev–Trinajstić information content (AvgIpc) is 2.69. The summed E-state index contributed by atoms with van der Waals surface area (Å²) in [5, 5.41) is 8.90. The van der Waals surface area contributed by atoms with Crippen LogP contribution in [0.5, 0.6) is 0 Å². The van der Waals surface area contributed by atoms with E-state index in [4.69, 9.17) is 11.6 Å². The Bertz CT molecular complexity index is 418. The van der Waals surface area contributed by atoms with E-state index >= 15 is 0 Å². The number of nitrogens with zero attached hydrogens (tertiary/aromatic N) is 2. The van der Waals surface area contributed by atoms with Crippen LogP contribution < -0.4 is 5.32 Å². The van der Waals surface area contributed by atoms with Gasteiger partial charge in [-0.2, -0.15) is 5.10 Å². The quantitative estimate of drug-likeness (QED) is 0.822. The topological polar surface area (TPSA) is 29.9 Å². The van der Waals surface area contributed by atoms with E-state index in [1.54, 1.807) is 0 Å². The van der Waals surface area contributed by atoms with Gasteiger partial charge in [0.25, 0.3) is 0 Å². The standard InChI is InChI=1S/C16H30ClN3/c1-7-12-15(17)13(20(8-2)19-12)10-9-11-14(18-6)16(3,4)5/h14,18H,7-11H2,1-6H3. The predicted octanol–water partition coefficient (Wildman–Crippen LogP) is 4.08. The second-order valence-corrected chi connectivity index (χ2v) is 6.85. The van der Waals surface area contributed by atoms with Crippen LogP contribution in [-0.4, -0.2) is 22.9 Å². The normalized spacial score (nSPS) is 13.8. The van der Waals surface area contributed by atoms with Gasteiger partial charge in [-0.1, -0.05) is 39.3 Å². The highest BCUT2D eigenvalue weighted by Crippen LogP contribution is 2.26. The summed E-state index contributed by atoms with van der Waals surface area (Å²) in [6.45, 7) is 12.0. The van der Waals surface area contributed by atoms with Gasteiger partial charge in [-0.25, -0.2) is 0 Å². The highest BCUT2D eigenvalue weighted by molar-refractivity contribution is 6.31. The molecule has 1 rings (SSSR count). The Kier molecular flexibility index (Phi) is 6.53. The molecule has 116 valence electrons. The molecule has 0 saturated heterocycles. The van der Waals surface area contributed by atoms with Crippen LogP contribution in [0.1, 0.15) is 58.8 Å². The van der Waals surface area contributed by atoms with Crippen molar-refractivity contribution in [3.63, 3.8) is 0 Å². The summed E-state index contributed by atoms with van der Waals surface area (Å²) in [7, 11) is 2.05. The third-order valence-corrected chi connectivity index (χ3v) is 4.43. The Morgan fingerprint density at radius 2 is 1.95 bits per heavy atom. The number of hydrogen-bond acceptors (Lipinski definition) is 2. The molecule has 1 aromatic heterocycles. The second-order valence-electron chi connectivity index (χ2n) is 6.48. The molecule has 1 N–H and O–H groups in total. The van der Waals surface area contributed by atoms with Crippen LogP contribution in [0, 0.1) is 5.41 Å². The molecule has 4 heteroatoms. The van der Waals surface area contributed by atoms with Gasteiger partial charge in [-0.05, 0) is 45.1 Å². The molecule has 0 fully saturated rings. The Morgan fingerprint density at radius 1 is 1.30 bits per heavy atom. The Hall–Kier alpha value is -0.540. The summed E-state index contributed by atoms with van der Waals surface area (Å²) in [6, 6.07) is 0.532. The van der Waals surface area contributed by atoms with Crippen LogP contribution in [0.2, 0.25) is 5.02 Å². The van der Waals surface area contributed by atoms with Crippen molar-refractivity contribution >= 4 is 11.6 Å². The fraction of sp³-hybridized carbons (Fsp3) is 0.812. The molecule has 0 aliphatic rings. The monoisotopic (exact) mass is 299 g/mol. The summed E-state index contributed by atoms with van der Waals surface area (Å²) < 4.78 is 2.06. The minimum atomic E-state index is 0.290. The Morgan fingerprint density at radius 3 is 2.40 bits per heavy atom. The van der Waals surface area contributed by atoms with Crippen LogP contribution >= 0.6 is 11.6 Å². The Balaban J connectivity index is 2.68. The lowest BCUT2D eigenvalue weighted by molar-refractivity contribution is 0.263. The first-order chi connectivity index (χ1) is 9.35. The molecular formula is C16H30ClN3. The minimum absolute atomic E-state index is 0.290. The highest BCUT2D eigenvalue weighted by atomic mass is 35.5. The van der Waals surface area contributed by atoms with Gasteiger partial charge < -0.3 is 5.32 Å². The molecule has 0 aliphatic heterocycles. The summed E-state index contributed by atoms with van der Waals surface area (Å²) in [4.78, 5) is 0. The fourth-order valence-electron chi connectivity index (χ4n) is 2.74. The highest BCUT2D eigenvalue weighted by Gasteiger charge is 2.23. The predicted molar refractivity (Wildman–Crippen MR) is 87.5 cm³/mol. The number of rotatable bonds is 7. The molecular weight excluding hydrogens is 270 g/mol. The fourth-order valence-corrected chi connectivity index (χ4v) is 3.10. The maximum Gasteiger partial charge on any atom is 0.0849 e. The zero-order valence-electron chi connectivity index (χ0n) is 13.9. The minimum Gasteiger partial charge on any atom is -0.316 e. The number of halogens is 1. The van der Waals surface area contributed by atoms with Crippen molar-refractivity contribution in [2.45, 2.75) is 72.9 Å². The lowest BCUT2D eigenvalue weighted by Crippen LogP contribution is -2.37. The van der Waals surface area contributed by atoms with Gasteiger partial charge in [0.1, 0.15) is 0 Å². The van der Waals surface area contributed by atoms with Crippen molar-refractivity contribution in [1.29, 1.82) is 0 Å². The van der Waals surface area contributed by atoms with Crippen LogP contribution in [-0.2, 0) is 19.4 Å². The number of nitrogens with one attached hydrogen (secondary N) is 1. The van der Waals surface area contributed by atoms with Gasteiger partial charge in [0.05, 0.1) is 16.4 Å². The van der Waals surface area contributed by atoms with Crippen molar-refractivity contribution in [3.05, 3.63) is 16.4 Å². The van der Waals surface area contributed by atoms with E-state index in [0.29, 0.717) is 6.04 Å². The van der Waals surface area contributed by atoms with E-state index in [-0.39, 0.29) is 5.41 Å². The lowest BCUT2D eigenvalue weighted by Gasteiger charge is -2.30. The van der Waals surface area contributed by atoms with Crippen molar-refractivity contribution in [2.24, 2.45) is 5.41 Å². The van der Waals surface area contributed by atoms with Crippen LogP contribution in [0.3, 0.4) is 0 Å². The van der Waals surface area contributed by atoms with E-state index in [0.717, 1.165) is 42.9 Å². The van der Waals surface area contributed by atoms with Crippen molar-refractivity contribution in [3.8, 4) is 0 Å². The first-order valence-corrected chi connectivity index (χ1v) is 8.14. The largest absolute Gasteiger partial charge is 0.316 e. The molecule has 0 aliphatic carbocycles. The Labute approximate surface area is 129 Å². The zero-order valence-corrected chi connectivity index (χ0v) is 14.6. The lowest BCUT2D eigenvalue weighted by atomic mass is 9.84. The smallest absolute Gasteiger partial charge is 0.0849 e. The van der Waals surface area contributed by atoms with Gasteiger partial charge in [-0.15, -0.1) is 0 Å². The molecule has 0 aromatic carbocycles. The van der Waals surface area contributed by atoms with Gasteiger partial charge >= 0.3 is 0 Å². The van der Waals surface area contributed by atoms with E-state index in [9.17, 15) is 0 Å². The SMILES string of the molecule is CCc1nn(CC)c(CCCC(NC)C(C)(C)C)c1Cl. The second kappa shape index (κ2) is 7.46. The first-order valence-electron chi connectivity index (χ1n) is 7.76. The maximum absolute atomic E-state index is 6.45. The van der Waals surface area contributed by atoms with Crippen molar-refractivity contribution < 1.29 is 0 Å². The van der Waals surface area contributed by atoms with Crippen molar-refractivity contribution in [1.82, 2.24) is 15.1 Å². The summed E-state index contributed by atoms with van der Waals surface area (Å²) in [5.41, 5.74) is 2.53. The summed E-state index contributed by atoms with van der Waals surface area (Å²) in [5.74, 6) is 0. The summed E-state index contributed by atoms with van der Waals surface area (Å²) in [6.07, 6.45) is 4.21. The van der Waals surface area contributed by atoms with E-state index in [1.807, 2.05) is 7.05 Å². The molecule has 20 heavy (non-hydrogen) atoms. The van der Waals surface area contributed by atoms with E-state index in [2.05, 4.69) is 49.7 Å². The third kappa shape index (κ3) is 4.23. The van der Waals surface area contributed by atoms with Gasteiger partial charge in [0.2, 0.25) is 0 Å². The number of aryl methyl sites for hydroxylation is 2. The van der Waals surface area contributed by atoms with Gasteiger partial charge in [-0.3, -0.25) is 4.68 Å². The molecule has 3 nitrogen and oxygen atoms in total. The van der Waals surface area contributed by atoms with Crippen molar-refractivity contribution in [2.75, 3.05) is 7.05 Å². The van der Waals surface area contributed by atoms with Crippen LogP contribution in [0.4, 0.5) is 0 Å². The molecule has 0 bridgehead atoms. The van der Waals surface area contributed by atoms with Crippen LogP contribution in [0.15, 0.2) is 0 Å². The van der Waals surface area contributed by atoms with Crippen LogP contribution in [0.25, 0.3) is 0 Å². The zero-order chi connectivity index (χ0) is 15.3. The number of aromatic nitrogens is 2. The molecule has 1 heterocycles. The molecule has 0 spiro atoms. The van der Waals surface area contributed by atoms with E-state index < -0.39 is 0 Å². The van der Waals surface area contributed by atoms with E-state index in [1.165, 1.54) is 5.69 Å². The maximum atomic E-state index is 6.45. The number of hydrogen-bond donors (Lipinski definition) is 1. The molecule has 1 unspecified atom stereocenters. The van der Waals surface area contributed by atoms with Gasteiger partial charge in [0.15, 0.2) is 0 Å².